The van der Waals surface area contributed by atoms with Gasteiger partial charge in [-0.25, -0.2) is 4.79 Å². The summed E-state index contributed by atoms with van der Waals surface area (Å²) in [6.07, 6.45) is 0.990. The summed E-state index contributed by atoms with van der Waals surface area (Å²) in [4.78, 5) is 12.9. The minimum Gasteiger partial charge on any atom is -0.479 e. The van der Waals surface area contributed by atoms with E-state index in [0.717, 1.165) is 19.5 Å². The maximum absolute atomic E-state index is 10.8. The first-order chi connectivity index (χ1) is 5.92. The Bertz CT molecular complexity index is 203. The van der Waals surface area contributed by atoms with Crippen molar-refractivity contribution in [1.82, 2.24) is 4.90 Å². The monoisotopic (exact) mass is 187 g/mol. The van der Waals surface area contributed by atoms with Gasteiger partial charge in [-0.2, -0.15) is 0 Å². The Hall–Kier alpha value is -0.610. The highest BCUT2D eigenvalue weighted by Crippen LogP contribution is 2.18. The van der Waals surface area contributed by atoms with Crippen molar-refractivity contribution in [2.45, 2.75) is 32.0 Å². The molecule has 76 valence electrons. The highest BCUT2D eigenvalue weighted by Gasteiger charge is 2.33. The SMILES string of the molecule is CN1CCC(OC(C)(C)C(=O)O)C1. The molecule has 0 bridgehead atoms. The van der Waals surface area contributed by atoms with Crippen LogP contribution < -0.4 is 0 Å². The third kappa shape index (κ3) is 2.67. The van der Waals surface area contributed by atoms with Crippen molar-refractivity contribution in [2.75, 3.05) is 20.1 Å². The Morgan fingerprint density at radius 2 is 2.23 bits per heavy atom. The van der Waals surface area contributed by atoms with E-state index in [1.54, 1.807) is 13.8 Å². The summed E-state index contributed by atoms with van der Waals surface area (Å²) in [5, 5.41) is 8.83. The van der Waals surface area contributed by atoms with Crippen molar-refractivity contribution in [3.63, 3.8) is 0 Å². The molecule has 1 fully saturated rings. The van der Waals surface area contributed by atoms with Crippen LogP contribution in [0.5, 0.6) is 0 Å². The van der Waals surface area contributed by atoms with Crippen LogP contribution in [0.2, 0.25) is 0 Å². The molecule has 1 atom stereocenters. The predicted molar refractivity (Wildman–Crippen MR) is 48.7 cm³/mol. The molecule has 1 heterocycles. The second-order valence-electron chi connectivity index (χ2n) is 4.11. The molecule has 4 nitrogen and oxygen atoms in total. The minimum atomic E-state index is -1.06. The van der Waals surface area contributed by atoms with Crippen molar-refractivity contribution >= 4 is 5.97 Å². The zero-order valence-corrected chi connectivity index (χ0v) is 8.41. The molecule has 0 aliphatic carbocycles. The summed E-state index contributed by atoms with van der Waals surface area (Å²) in [6.45, 7) is 5.00. The largest absolute Gasteiger partial charge is 0.479 e. The molecular formula is C9H17NO3. The van der Waals surface area contributed by atoms with E-state index in [1.807, 2.05) is 7.05 Å². The fourth-order valence-electron chi connectivity index (χ4n) is 1.46. The first-order valence-corrected chi connectivity index (χ1v) is 4.51. The fraction of sp³-hybridized carbons (Fsp3) is 0.889. The van der Waals surface area contributed by atoms with Gasteiger partial charge < -0.3 is 14.7 Å². The van der Waals surface area contributed by atoms with E-state index < -0.39 is 11.6 Å². The standard InChI is InChI=1S/C9H17NO3/c1-9(2,8(11)12)13-7-4-5-10(3)6-7/h7H,4-6H2,1-3H3,(H,11,12). The molecule has 0 aromatic heterocycles. The van der Waals surface area contributed by atoms with Gasteiger partial charge in [0, 0.05) is 13.1 Å². The second kappa shape index (κ2) is 3.64. The van der Waals surface area contributed by atoms with Crippen LogP contribution in [0.15, 0.2) is 0 Å². The van der Waals surface area contributed by atoms with E-state index in [4.69, 9.17) is 9.84 Å². The molecule has 1 unspecified atom stereocenters. The van der Waals surface area contributed by atoms with Gasteiger partial charge in [0.25, 0.3) is 0 Å². The third-order valence-corrected chi connectivity index (χ3v) is 2.32. The summed E-state index contributed by atoms with van der Waals surface area (Å²) in [7, 11) is 2.01. The number of carboxylic acids is 1. The van der Waals surface area contributed by atoms with Gasteiger partial charge in [0.1, 0.15) is 0 Å². The van der Waals surface area contributed by atoms with Crippen LogP contribution in [-0.4, -0.2) is 47.8 Å². The van der Waals surface area contributed by atoms with Crippen LogP contribution in [0, 0.1) is 0 Å². The second-order valence-corrected chi connectivity index (χ2v) is 4.11. The van der Waals surface area contributed by atoms with Gasteiger partial charge in [-0.05, 0) is 27.3 Å². The Morgan fingerprint density at radius 1 is 1.62 bits per heavy atom. The van der Waals surface area contributed by atoms with Crippen LogP contribution in [0.4, 0.5) is 0 Å². The highest BCUT2D eigenvalue weighted by atomic mass is 16.5. The topological polar surface area (TPSA) is 49.8 Å². The van der Waals surface area contributed by atoms with E-state index in [2.05, 4.69) is 4.90 Å². The Kier molecular flexibility index (Phi) is 2.93. The first kappa shape index (κ1) is 10.5. The zero-order valence-electron chi connectivity index (χ0n) is 8.41. The summed E-state index contributed by atoms with van der Waals surface area (Å²) in [5.74, 6) is -0.901. The van der Waals surface area contributed by atoms with Crippen LogP contribution in [0.1, 0.15) is 20.3 Å². The summed E-state index contributed by atoms with van der Waals surface area (Å²) in [6, 6.07) is 0. The zero-order chi connectivity index (χ0) is 10.1. The van der Waals surface area contributed by atoms with Crippen molar-refractivity contribution < 1.29 is 14.6 Å². The predicted octanol–water partition coefficient (Wildman–Crippen LogP) is 0.570. The lowest BCUT2D eigenvalue weighted by Gasteiger charge is -2.24. The number of likely N-dealkylation sites (tertiary alicyclic amines) is 1. The number of hydrogen-bond acceptors (Lipinski definition) is 3. The molecule has 0 aromatic carbocycles. The molecule has 1 rings (SSSR count). The van der Waals surface area contributed by atoms with Crippen LogP contribution in [0.3, 0.4) is 0 Å². The smallest absolute Gasteiger partial charge is 0.335 e. The first-order valence-electron chi connectivity index (χ1n) is 4.51. The Balaban J connectivity index is 2.44. The average Bonchev–Trinajstić information content (AvgIpc) is 2.34. The minimum absolute atomic E-state index is 0.0658. The average molecular weight is 187 g/mol. The number of carbonyl (C=O) groups is 1. The summed E-state index contributed by atoms with van der Waals surface area (Å²) in [5.41, 5.74) is -1.06. The Labute approximate surface area is 78.5 Å². The maximum Gasteiger partial charge on any atom is 0.335 e. The molecule has 0 amide bonds. The normalized spacial score (nSPS) is 25.0. The van der Waals surface area contributed by atoms with Gasteiger partial charge in [-0.3, -0.25) is 0 Å². The van der Waals surface area contributed by atoms with Crippen LogP contribution in [-0.2, 0) is 9.53 Å². The lowest BCUT2D eigenvalue weighted by atomic mass is 10.1. The Morgan fingerprint density at radius 3 is 2.62 bits per heavy atom. The molecule has 1 N–H and O–H groups in total. The fourth-order valence-corrected chi connectivity index (χ4v) is 1.46. The molecule has 1 aliphatic heterocycles. The highest BCUT2D eigenvalue weighted by molar-refractivity contribution is 5.76. The van der Waals surface area contributed by atoms with Crippen molar-refractivity contribution in [3.05, 3.63) is 0 Å². The molecule has 13 heavy (non-hydrogen) atoms. The number of hydrogen-bond donors (Lipinski definition) is 1. The van der Waals surface area contributed by atoms with Gasteiger partial charge in [0.05, 0.1) is 6.10 Å². The van der Waals surface area contributed by atoms with Gasteiger partial charge in [0.2, 0.25) is 0 Å². The van der Waals surface area contributed by atoms with Crippen molar-refractivity contribution in [2.24, 2.45) is 0 Å². The number of aliphatic carboxylic acids is 1. The van der Waals surface area contributed by atoms with Gasteiger partial charge in [-0.1, -0.05) is 0 Å². The molecule has 0 radical (unpaired) electrons. The lowest BCUT2D eigenvalue weighted by Crippen LogP contribution is -2.39. The quantitative estimate of drug-likeness (QED) is 0.701. The van der Waals surface area contributed by atoms with E-state index in [1.165, 1.54) is 0 Å². The van der Waals surface area contributed by atoms with Crippen LogP contribution >= 0.6 is 0 Å². The lowest BCUT2D eigenvalue weighted by molar-refractivity contribution is -0.167. The summed E-state index contributed by atoms with van der Waals surface area (Å²) >= 11 is 0. The number of ether oxygens (including phenoxy) is 1. The maximum atomic E-state index is 10.8. The van der Waals surface area contributed by atoms with Crippen LogP contribution in [0.25, 0.3) is 0 Å². The number of carboxylic acid groups (broad SMARTS) is 1. The number of nitrogens with zero attached hydrogens (tertiary/aromatic N) is 1. The van der Waals surface area contributed by atoms with Gasteiger partial charge in [-0.15, -0.1) is 0 Å². The van der Waals surface area contributed by atoms with E-state index in [-0.39, 0.29) is 6.10 Å². The third-order valence-electron chi connectivity index (χ3n) is 2.32. The molecule has 1 aliphatic rings. The molecule has 0 spiro atoms. The van der Waals surface area contributed by atoms with E-state index >= 15 is 0 Å². The van der Waals surface area contributed by atoms with Crippen molar-refractivity contribution in [3.8, 4) is 0 Å². The molecule has 4 heteroatoms. The molecule has 0 saturated carbocycles. The molecule has 0 aromatic rings. The van der Waals surface area contributed by atoms with E-state index in [0.29, 0.717) is 0 Å². The molecule has 1 saturated heterocycles. The van der Waals surface area contributed by atoms with E-state index in [9.17, 15) is 4.79 Å². The van der Waals surface area contributed by atoms with Gasteiger partial charge in [0.15, 0.2) is 5.60 Å². The molecular weight excluding hydrogens is 170 g/mol. The van der Waals surface area contributed by atoms with Crippen molar-refractivity contribution in [1.29, 1.82) is 0 Å². The number of likely N-dealkylation sites (N-methyl/N-ethyl adjacent to an activating group) is 1. The summed E-state index contributed by atoms with van der Waals surface area (Å²) < 4.78 is 5.49. The van der Waals surface area contributed by atoms with Gasteiger partial charge >= 0.3 is 5.97 Å². The number of rotatable bonds is 3.